The second-order valence-corrected chi connectivity index (χ2v) is 4.25. The van der Waals surface area contributed by atoms with Crippen LogP contribution in [0.3, 0.4) is 0 Å². The summed E-state index contributed by atoms with van der Waals surface area (Å²) < 4.78 is 2.08. The second-order valence-electron chi connectivity index (χ2n) is 2.18. The summed E-state index contributed by atoms with van der Waals surface area (Å²) in [4.78, 5) is 0. The molecule has 0 amide bonds. The molecule has 56 valence electrons. The quantitative estimate of drug-likeness (QED) is 0.733. The van der Waals surface area contributed by atoms with Crippen LogP contribution in [-0.4, -0.2) is 10.1 Å². The average molecular weight is 315 g/mol. The van der Waals surface area contributed by atoms with Crippen LogP contribution in [0.15, 0.2) is 30.5 Å². The van der Waals surface area contributed by atoms with Gasteiger partial charge in [0.15, 0.2) is 0 Å². The zero-order valence-corrected chi connectivity index (χ0v) is 9.25. The monoisotopic (exact) mass is 315 g/mol. The Morgan fingerprint density at radius 3 is 2.91 bits per heavy atom. The molecule has 0 fully saturated rings. The SMILES string of the molecule is C[N+](=[W])/C=C\c1[c-]cccc1. The first-order chi connectivity index (χ1) is 5.29. The van der Waals surface area contributed by atoms with E-state index in [2.05, 4.69) is 9.14 Å². The number of hydrogen-bond donors (Lipinski definition) is 0. The molecule has 0 N–H and O–H groups in total. The van der Waals surface area contributed by atoms with Gasteiger partial charge in [-0.1, -0.05) is 0 Å². The number of rotatable bonds is 2. The summed E-state index contributed by atoms with van der Waals surface area (Å²) in [5.74, 6) is 0. The molecule has 0 atom stereocenters. The maximum absolute atomic E-state index is 3.12. The molecule has 0 radical (unpaired) electrons. The van der Waals surface area contributed by atoms with Crippen LogP contribution in [0.2, 0.25) is 0 Å². The fourth-order valence-corrected chi connectivity index (χ4v) is 0.915. The Bertz CT molecular complexity index is 264. The molecule has 0 unspecified atom stereocenters. The zero-order chi connectivity index (χ0) is 8.10. The standard InChI is InChI=1S/C9H9N.W/c1-10-8-7-9-5-3-2-4-6-9;/h2-5,7-8H,1H3;/q-2;+2/b8-7-;. The van der Waals surface area contributed by atoms with Crippen molar-refractivity contribution in [3.8, 4) is 0 Å². The molecule has 0 aliphatic heterocycles. The van der Waals surface area contributed by atoms with Crippen molar-refractivity contribution < 1.29 is 22.7 Å². The molecule has 0 bridgehead atoms. The number of hydrogen-bond acceptors (Lipinski definition) is 0. The van der Waals surface area contributed by atoms with Crippen molar-refractivity contribution in [2.45, 2.75) is 0 Å². The van der Waals surface area contributed by atoms with E-state index >= 15 is 0 Å². The van der Waals surface area contributed by atoms with Gasteiger partial charge in [-0.25, -0.2) is 0 Å². The Kier molecular flexibility index (Phi) is 3.38. The molecule has 0 saturated heterocycles. The van der Waals surface area contributed by atoms with Gasteiger partial charge in [0.1, 0.15) is 0 Å². The molecule has 1 rings (SSSR count). The molecule has 0 aromatic heterocycles. The summed E-state index contributed by atoms with van der Waals surface area (Å²) in [6.45, 7) is 0. The maximum atomic E-state index is 3.12. The average Bonchev–Trinajstić information content (AvgIpc) is 2.03. The van der Waals surface area contributed by atoms with Gasteiger partial charge in [-0.05, 0) is 0 Å². The molecule has 11 heavy (non-hydrogen) atoms. The minimum atomic E-state index is 1.13. The summed E-state index contributed by atoms with van der Waals surface area (Å²) >= 11 is 1.44. The van der Waals surface area contributed by atoms with E-state index in [0.717, 1.165) is 5.56 Å². The molecule has 2 heteroatoms. The van der Waals surface area contributed by atoms with Crippen molar-refractivity contribution in [1.82, 2.24) is 0 Å². The van der Waals surface area contributed by atoms with E-state index < -0.39 is 0 Å². The van der Waals surface area contributed by atoms with Crippen LogP contribution < -0.4 is 0 Å². The first kappa shape index (κ1) is 8.54. The predicted octanol–water partition coefficient (Wildman–Crippen LogP) is 1.83. The molecule has 0 aliphatic carbocycles. The van der Waals surface area contributed by atoms with Crippen molar-refractivity contribution >= 4 is 6.08 Å². The molecule has 0 spiro atoms. The Morgan fingerprint density at radius 2 is 2.36 bits per heavy atom. The van der Waals surface area contributed by atoms with E-state index in [9.17, 15) is 0 Å². The van der Waals surface area contributed by atoms with Gasteiger partial charge in [-0.2, -0.15) is 0 Å². The van der Waals surface area contributed by atoms with Crippen molar-refractivity contribution in [2.24, 2.45) is 0 Å². The first-order valence-electron chi connectivity index (χ1n) is 3.34. The van der Waals surface area contributed by atoms with Crippen molar-refractivity contribution in [2.75, 3.05) is 7.05 Å². The fourth-order valence-electron chi connectivity index (χ4n) is 0.696. The Labute approximate surface area is 78.1 Å². The van der Waals surface area contributed by atoms with Crippen LogP contribution in [0.1, 0.15) is 5.56 Å². The third-order valence-corrected chi connectivity index (χ3v) is 1.63. The van der Waals surface area contributed by atoms with Crippen LogP contribution >= 0.6 is 0 Å². The van der Waals surface area contributed by atoms with Crippen molar-refractivity contribution in [3.63, 3.8) is 0 Å². The molecule has 0 aliphatic rings. The van der Waals surface area contributed by atoms with E-state index in [1.165, 1.54) is 19.6 Å². The molecule has 0 heterocycles. The van der Waals surface area contributed by atoms with E-state index in [1.54, 1.807) is 0 Å². The number of nitrogens with zero attached hydrogens (tertiary/aromatic N) is 1. The Balaban J connectivity index is 2.72. The molecule has 0 saturated carbocycles. The van der Waals surface area contributed by atoms with Crippen LogP contribution in [0, 0.1) is 6.07 Å². The normalized spacial score (nSPS) is 10.3. The van der Waals surface area contributed by atoms with Crippen molar-refractivity contribution in [3.05, 3.63) is 42.1 Å². The van der Waals surface area contributed by atoms with E-state index in [-0.39, 0.29) is 0 Å². The summed E-state index contributed by atoms with van der Waals surface area (Å²) in [6.07, 6.45) is 4.09. The topological polar surface area (TPSA) is 3.01 Å². The van der Waals surface area contributed by atoms with Gasteiger partial charge < -0.3 is 0 Å². The van der Waals surface area contributed by atoms with Crippen LogP contribution in [0.5, 0.6) is 0 Å². The molecule has 1 nitrogen and oxygen atoms in total. The van der Waals surface area contributed by atoms with Gasteiger partial charge in [0.2, 0.25) is 0 Å². The molecule has 1 aromatic rings. The summed E-state index contributed by atoms with van der Waals surface area (Å²) in [7, 11) is 2.04. The van der Waals surface area contributed by atoms with Gasteiger partial charge in [0.25, 0.3) is 0 Å². The molecular weight excluding hydrogens is 306 g/mol. The van der Waals surface area contributed by atoms with Crippen LogP contribution in [0.4, 0.5) is 0 Å². The van der Waals surface area contributed by atoms with E-state index in [1.807, 2.05) is 43.6 Å². The second kappa shape index (κ2) is 4.35. The van der Waals surface area contributed by atoms with Gasteiger partial charge in [-0.3, -0.25) is 0 Å². The first-order valence-corrected chi connectivity index (χ1v) is 4.65. The summed E-state index contributed by atoms with van der Waals surface area (Å²) in [5, 5.41) is 0. The summed E-state index contributed by atoms with van der Waals surface area (Å²) in [5.41, 5.74) is 1.13. The minimum absolute atomic E-state index is 1.13. The fraction of sp³-hybridized carbons (Fsp3) is 0.111. The van der Waals surface area contributed by atoms with Gasteiger partial charge >= 0.3 is 77.9 Å². The van der Waals surface area contributed by atoms with E-state index in [0.29, 0.717) is 0 Å². The number of benzene rings is 1. The molecular formula is C9H9NW. The van der Waals surface area contributed by atoms with Crippen molar-refractivity contribution in [1.29, 1.82) is 0 Å². The van der Waals surface area contributed by atoms with E-state index in [4.69, 9.17) is 0 Å². The zero-order valence-electron chi connectivity index (χ0n) is 6.32. The Hall–Kier alpha value is -0.552. The van der Waals surface area contributed by atoms with Gasteiger partial charge in [-0.15, -0.1) is 0 Å². The third-order valence-electron chi connectivity index (χ3n) is 1.20. The van der Waals surface area contributed by atoms with Gasteiger partial charge in [0.05, 0.1) is 0 Å². The Morgan fingerprint density at radius 1 is 1.55 bits per heavy atom. The van der Waals surface area contributed by atoms with Gasteiger partial charge in [0, 0.05) is 0 Å². The van der Waals surface area contributed by atoms with Crippen LogP contribution in [-0.2, 0) is 19.6 Å². The van der Waals surface area contributed by atoms with Crippen LogP contribution in [0.25, 0.3) is 6.08 Å². The molecule has 1 aromatic carbocycles. The summed E-state index contributed by atoms with van der Waals surface area (Å²) in [6, 6.07) is 11.1. The third kappa shape index (κ3) is 3.38. The predicted molar refractivity (Wildman–Crippen MR) is 40.5 cm³/mol.